The Morgan fingerprint density at radius 2 is 1.89 bits per heavy atom. The largest absolute Gasteiger partial charge is 0.507 e. The molecule has 0 saturated carbocycles. The van der Waals surface area contributed by atoms with E-state index in [1.165, 1.54) is 5.56 Å². The number of benzene rings is 1. The van der Waals surface area contributed by atoms with Crippen LogP contribution in [0.25, 0.3) is 11.1 Å². The van der Waals surface area contributed by atoms with Crippen LogP contribution in [0.2, 0.25) is 0 Å². The van der Waals surface area contributed by atoms with Gasteiger partial charge in [0.25, 0.3) is 0 Å². The number of hydrogen-bond donors (Lipinski definition) is 1. The molecule has 2 rings (SSSR count). The smallest absolute Gasteiger partial charge is 0.126 e. The monoisotopic (exact) mass is 241 g/mol. The number of phenolic OH excluding ortho intramolecular Hbond substituents is 1. The number of aromatic nitrogens is 1. The summed E-state index contributed by atoms with van der Waals surface area (Å²) in [5.41, 5.74) is 3.99. The fourth-order valence-corrected chi connectivity index (χ4v) is 1.95. The van der Waals surface area contributed by atoms with Crippen LogP contribution in [0.5, 0.6) is 5.75 Å². The quantitative estimate of drug-likeness (QED) is 0.816. The van der Waals surface area contributed by atoms with Crippen LogP contribution in [0.4, 0.5) is 0 Å². The van der Waals surface area contributed by atoms with Gasteiger partial charge in [0.2, 0.25) is 0 Å². The van der Waals surface area contributed by atoms with Crippen LogP contribution in [0.15, 0.2) is 36.7 Å². The number of aromatic hydroxyl groups is 1. The maximum atomic E-state index is 10.2. The zero-order valence-electron chi connectivity index (χ0n) is 11.4. The van der Waals surface area contributed by atoms with Crippen LogP contribution < -0.4 is 0 Å². The summed E-state index contributed by atoms with van der Waals surface area (Å²) in [5.74, 6) is 0.344. The van der Waals surface area contributed by atoms with Crippen molar-refractivity contribution in [2.45, 2.75) is 33.1 Å². The van der Waals surface area contributed by atoms with E-state index in [1.807, 2.05) is 19.1 Å². The van der Waals surface area contributed by atoms with Crippen molar-refractivity contribution in [3.63, 3.8) is 0 Å². The van der Waals surface area contributed by atoms with Crippen LogP contribution in [0.1, 0.15) is 31.9 Å². The molecule has 0 saturated heterocycles. The van der Waals surface area contributed by atoms with Gasteiger partial charge in [0.1, 0.15) is 5.75 Å². The molecule has 1 aromatic heterocycles. The molecular formula is C16H19NO. The van der Waals surface area contributed by atoms with Crippen LogP contribution in [0, 0.1) is 6.92 Å². The molecule has 0 unspecified atom stereocenters. The van der Waals surface area contributed by atoms with Gasteiger partial charge in [-0.3, -0.25) is 4.98 Å². The minimum atomic E-state index is 0.0649. The predicted octanol–water partition coefficient (Wildman–Crippen LogP) is 4.06. The van der Waals surface area contributed by atoms with E-state index >= 15 is 0 Å². The third-order valence-corrected chi connectivity index (χ3v) is 3.14. The molecule has 94 valence electrons. The molecule has 0 aliphatic heterocycles. The number of pyridine rings is 1. The van der Waals surface area contributed by atoms with Crippen molar-refractivity contribution in [3.05, 3.63) is 47.8 Å². The highest BCUT2D eigenvalue weighted by molar-refractivity contribution is 5.72. The van der Waals surface area contributed by atoms with Gasteiger partial charge in [0, 0.05) is 23.5 Å². The number of hydrogen-bond acceptors (Lipinski definition) is 2. The molecule has 0 radical (unpaired) electrons. The Balaban J connectivity index is 2.64. The van der Waals surface area contributed by atoms with E-state index in [0.29, 0.717) is 5.75 Å². The standard InChI is InChI=1S/C16H19NO/c1-11-8-13(16(2,3)4)9-14(15(11)18)12-6-5-7-17-10-12/h5-10,18H,1-4H3. The normalized spacial score (nSPS) is 11.6. The molecular weight excluding hydrogens is 222 g/mol. The van der Waals surface area contributed by atoms with Crippen molar-refractivity contribution >= 4 is 0 Å². The maximum absolute atomic E-state index is 10.2. The van der Waals surface area contributed by atoms with E-state index in [0.717, 1.165) is 16.7 Å². The molecule has 0 fully saturated rings. The Bertz CT molecular complexity index is 553. The van der Waals surface area contributed by atoms with Gasteiger partial charge >= 0.3 is 0 Å². The second-order valence-corrected chi connectivity index (χ2v) is 5.68. The Morgan fingerprint density at radius 3 is 2.44 bits per heavy atom. The summed E-state index contributed by atoms with van der Waals surface area (Å²) in [6.45, 7) is 8.45. The average molecular weight is 241 g/mol. The predicted molar refractivity (Wildman–Crippen MR) is 74.8 cm³/mol. The highest BCUT2D eigenvalue weighted by Gasteiger charge is 2.18. The molecule has 18 heavy (non-hydrogen) atoms. The van der Waals surface area contributed by atoms with Crippen molar-refractivity contribution < 1.29 is 5.11 Å². The maximum Gasteiger partial charge on any atom is 0.126 e. The van der Waals surface area contributed by atoms with Crippen molar-refractivity contribution in [3.8, 4) is 16.9 Å². The molecule has 0 atom stereocenters. The first-order valence-electron chi connectivity index (χ1n) is 6.14. The minimum Gasteiger partial charge on any atom is -0.507 e. The summed E-state index contributed by atoms with van der Waals surface area (Å²) in [6.07, 6.45) is 3.52. The van der Waals surface area contributed by atoms with Crippen LogP contribution >= 0.6 is 0 Å². The average Bonchev–Trinajstić information content (AvgIpc) is 2.32. The fourth-order valence-electron chi connectivity index (χ4n) is 1.95. The zero-order chi connectivity index (χ0) is 13.3. The number of nitrogens with zero attached hydrogens (tertiary/aromatic N) is 1. The summed E-state index contributed by atoms with van der Waals surface area (Å²) in [4.78, 5) is 4.11. The number of phenols is 1. The van der Waals surface area contributed by atoms with E-state index in [-0.39, 0.29) is 5.41 Å². The van der Waals surface area contributed by atoms with Crippen LogP contribution in [0.3, 0.4) is 0 Å². The second-order valence-electron chi connectivity index (χ2n) is 5.68. The molecule has 0 bridgehead atoms. The summed E-state index contributed by atoms with van der Waals surface area (Å²) >= 11 is 0. The van der Waals surface area contributed by atoms with Gasteiger partial charge in [-0.25, -0.2) is 0 Å². The lowest BCUT2D eigenvalue weighted by Gasteiger charge is -2.21. The topological polar surface area (TPSA) is 33.1 Å². The highest BCUT2D eigenvalue weighted by atomic mass is 16.3. The Labute approximate surface area is 108 Å². The molecule has 0 aliphatic rings. The van der Waals surface area contributed by atoms with E-state index in [9.17, 15) is 5.11 Å². The van der Waals surface area contributed by atoms with Crippen molar-refractivity contribution in [2.24, 2.45) is 0 Å². The Hall–Kier alpha value is -1.83. The molecule has 1 aromatic carbocycles. The molecule has 1 N–H and O–H groups in total. The van der Waals surface area contributed by atoms with Gasteiger partial charge < -0.3 is 5.11 Å². The van der Waals surface area contributed by atoms with E-state index in [2.05, 4.69) is 37.9 Å². The van der Waals surface area contributed by atoms with E-state index in [4.69, 9.17) is 0 Å². The van der Waals surface area contributed by atoms with Gasteiger partial charge in [-0.15, -0.1) is 0 Å². The molecule has 1 heterocycles. The lowest BCUT2D eigenvalue weighted by atomic mass is 9.84. The lowest BCUT2D eigenvalue weighted by molar-refractivity contribution is 0.472. The fraction of sp³-hybridized carbons (Fsp3) is 0.312. The van der Waals surface area contributed by atoms with Crippen molar-refractivity contribution in [1.29, 1.82) is 0 Å². The van der Waals surface area contributed by atoms with Gasteiger partial charge in [-0.2, -0.15) is 0 Å². The van der Waals surface area contributed by atoms with Gasteiger partial charge in [0.05, 0.1) is 0 Å². The second kappa shape index (κ2) is 4.45. The number of rotatable bonds is 1. The van der Waals surface area contributed by atoms with Crippen LogP contribution in [-0.2, 0) is 5.41 Å². The summed E-state index contributed by atoms with van der Waals surface area (Å²) < 4.78 is 0. The molecule has 2 heteroatoms. The first-order chi connectivity index (χ1) is 8.39. The van der Waals surface area contributed by atoms with Crippen LogP contribution in [-0.4, -0.2) is 10.1 Å². The third kappa shape index (κ3) is 2.37. The number of aryl methyl sites for hydroxylation is 1. The molecule has 2 aromatic rings. The molecule has 2 nitrogen and oxygen atoms in total. The summed E-state index contributed by atoms with van der Waals surface area (Å²) in [7, 11) is 0. The van der Waals surface area contributed by atoms with Crippen molar-refractivity contribution in [2.75, 3.05) is 0 Å². The first-order valence-corrected chi connectivity index (χ1v) is 6.14. The third-order valence-electron chi connectivity index (χ3n) is 3.14. The van der Waals surface area contributed by atoms with Gasteiger partial charge in [0.15, 0.2) is 0 Å². The van der Waals surface area contributed by atoms with E-state index < -0.39 is 0 Å². The summed E-state index contributed by atoms with van der Waals surface area (Å²) in [6, 6.07) is 7.95. The van der Waals surface area contributed by atoms with Crippen molar-refractivity contribution in [1.82, 2.24) is 4.98 Å². The lowest BCUT2D eigenvalue weighted by Crippen LogP contribution is -2.11. The van der Waals surface area contributed by atoms with Gasteiger partial charge in [-0.05, 0) is 35.6 Å². The minimum absolute atomic E-state index is 0.0649. The highest BCUT2D eigenvalue weighted by Crippen LogP contribution is 2.36. The first kappa shape index (κ1) is 12.6. The Morgan fingerprint density at radius 1 is 1.17 bits per heavy atom. The SMILES string of the molecule is Cc1cc(C(C)(C)C)cc(-c2cccnc2)c1O. The zero-order valence-corrected chi connectivity index (χ0v) is 11.4. The molecule has 0 aliphatic carbocycles. The molecule has 0 amide bonds. The van der Waals surface area contributed by atoms with Gasteiger partial charge in [-0.1, -0.05) is 32.9 Å². The van der Waals surface area contributed by atoms with E-state index in [1.54, 1.807) is 12.4 Å². The molecule has 0 spiro atoms. The summed E-state index contributed by atoms with van der Waals surface area (Å²) in [5, 5.41) is 10.2. The Kier molecular flexibility index (Phi) is 3.12.